The number of benzene rings is 1. The van der Waals surface area contributed by atoms with Gasteiger partial charge in [0.05, 0.1) is 10.4 Å². The molecule has 0 saturated carbocycles. The lowest BCUT2D eigenvalue weighted by molar-refractivity contribution is 0.0832. The van der Waals surface area contributed by atoms with E-state index in [0.29, 0.717) is 36.7 Å². The predicted molar refractivity (Wildman–Crippen MR) is 80.9 cm³/mol. The summed E-state index contributed by atoms with van der Waals surface area (Å²) in [7, 11) is -3.53. The van der Waals surface area contributed by atoms with Crippen LogP contribution < -0.4 is 4.72 Å². The smallest absolute Gasteiger partial charge is 0.240 e. The number of aromatic nitrogens is 1. The summed E-state index contributed by atoms with van der Waals surface area (Å²) >= 11 is 5.82. The van der Waals surface area contributed by atoms with Crippen LogP contribution in [0.2, 0.25) is 5.15 Å². The quantitative estimate of drug-likeness (QED) is 0.879. The van der Waals surface area contributed by atoms with E-state index in [-0.39, 0.29) is 10.9 Å². The lowest BCUT2D eigenvalue weighted by Crippen LogP contribution is -2.38. The Hall–Kier alpha value is -1.21. The Kier molecular flexibility index (Phi) is 4.12. The van der Waals surface area contributed by atoms with Crippen LogP contribution in [0.15, 0.2) is 35.2 Å². The van der Waals surface area contributed by atoms with Crippen LogP contribution in [0.3, 0.4) is 0 Å². The largest absolute Gasteiger partial charge is 0.381 e. The number of fused-ring (bicyclic) bond motifs is 1. The third kappa shape index (κ3) is 3.35. The van der Waals surface area contributed by atoms with E-state index in [1.807, 2.05) is 0 Å². The van der Waals surface area contributed by atoms with Crippen LogP contribution in [-0.2, 0) is 14.8 Å². The zero-order valence-electron chi connectivity index (χ0n) is 11.3. The Morgan fingerprint density at radius 3 is 2.71 bits per heavy atom. The molecule has 7 heteroatoms. The first-order chi connectivity index (χ1) is 10.0. The zero-order chi connectivity index (χ0) is 14.9. The molecule has 2 aromatic rings. The average molecular weight is 327 g/mol. The lowest BCUT2D eigenvalue weighted by atomic mass is 10.1. The second-order valence-corrected chi connectivity index (χ2v) is 7.10. The van der Waals surface area contributed by atoms with Crippen LogP contribution in [0, 0.1) is 0 Å². The molecule has 0 aliphatic carbocycles. The molecule has 112 valence electrons. The molecule has 21 heavy (non-hydrogen) atoms. The summed E-state index contributed by atoms with van der Waals surface area (Å²) in [5.74, 6) is 0. The summed E-state index contributed by atoms with van der Waals surface area (Å²) in [5, 5.41) is 1.13. The van der Waals surface area contributed by atoms with Gasteiger partial charge in [-0.1, -0.05) is 11.6 Å². The molecule has 0 amide bonds. The van der Waals surface area contributed by atoms with Crippen molar-refractivity contribution in [3.63, 3.8) is 0 Å². The number of nitrogens with zero attached hydrogens (tertiary/aromatic N) is 1. The van der Waals surface area contributed by atoms with E-state index in [1.54, 1.807) is 30.3 Å². The molecule has 2 heterocycles. The summed E-state index contributed by atoms with van der Waals surface area (Å²) in [5.41, 5.74) is 0.674. The van der Waals surface area contributed by atoms with Crippen LogP contribution >= 0.6 is 11.6 Å². The van der Waals surface area contributed by atoms with Gasteiger partial charge in [0.2, 0.25) is 10.0 Å². The summed E-state index contributed by atoms with van der Waals surface area (Å²) in [6, 6.07) is 8.17. The maximum atomic E-state index is 12.4. The molecule has 3 rings (SSSR count). The van der Waals surface area contributed by atoms with E-state index >= 15 is 0 Å². The van der Waals surface area contributed by atoms with Crippen LogP contribution in [0.4, 0.5) is 0 Å². The minimum atomic E-state index is -3.53. The third-order valence-corrected chi connectivity index (χ3v) is 5.21. The van der Waals surface area contributed by atoms with Gasteiger partial charge in [0.1, 0.15) is 5.15 Å². The Balaban J connectivity index is 1.89. The van der Waals surface area contributed by atoms with Crippen molar-refractivity contribution < 1.29 is 13.2 Å². The number of hydrogen-bond acceptors (Lipinski definition) is 4. The van der Waals surface area contributed by atoms with Gasteiger partial charge >= 0.3 is 0 Å². The minimum Gasteiger partial charge on any atom is -0.381 e. The van der Waals surface area contributed by atoms with Gasteiger partial charge in [-0.3, -0.25) is 0 Å². The average Bonchev–Trinajstić information content (AvgIpc) is 2.47. The van der Waals surface area contributed by atoms with Crippen LogP contribution in [0.25, 0.3) is 10.9 Å². The predicted octanol–water partition coefficient (Wildman–Crippen LogP) is 2.35. The van der Waals surface area contributed by atoms with Gasteiger partial charge in [-0.25, -0.2) is 18.1 Å². The highest BCUT2D eigenvalue weighted by molar-refractivity contribution is 7.89. The number of rotatable bonds is 3. The molecule has 1 aliphatic rings. The standard InChI is InChI=1S/C14H15ClN2O3S/c15-14-4-1-10-9-12(2-3-13(10)16-14)21(18,19)17-11-5-7-20-8-6-11/h1-4,9,11,17H,5-8H2. The monoisotopic (exact) mass is 326 g/mol. The molecule has 0 bridgehead atoms. The van der Waals surface area contributed by atoms with Crippen LogP contribution in [-0.4, -0.2) is 32.7 Å². The number of halogens is 1. The highest BCUT2D eigenvalue weighted by Crippen LogP contribution is 2.20. The van der Waals surface area contributed by atoms with Crippen molar-refractivity contribution in [3.05, 3.63) is 35.5 Å². The first-order valence-electron chi connectivity index (χ1n) is 6.71. The zero-order valence-corrected chi connectivity index (χ0v) is 12.8. The summed E-state index contributed by atoms with van der Waals surface area (Å²) < 4.78 is 32.8. The Morgan fingerprint density at radius 2 is 1.95 bits per heavy atom. The minimum absolute atomic E-state index is 0.0669. The van der Waals surface area contributed by atoms with Crippen molar-refractivity contribution in [1.82, 2.24) is 9.71 Å². The first-order valence-corrected chi connectivity index (χ1v) is 8.57. The number of sulfonamides is 1. The molecule has 0 unspecified atom stereocenters. The fourth-order valence-corrected chi connectivity index (χ4v) is 3.84. The molecule has 1 N–H and O–H groups in total. The summed E-state index contributed by atoms with van der Waals surface area (Å²) in [6.07, 6.45) is 1.40. The van der Waals surface area contributed by atoms with Gasteiger partial charge in [-0.05, 0) is 43.2 Å². The van der Waals surface area contributed by atoms with Gasteiger partial charge in [-0.2, -0.15) is 0 Å². The molecule has 0 atom stereocenters. The number of hydrogen-bond donors (Lipinski definition) is 1. The van der Waals surface area contributed by atoms with E-state index in [9.17, 15) is 8.42 Å². The summed E-state index contributed by atoms with van der Waals surface area (Å²) in [4.78, 5) is 4.39. The van der Waals surface area contributed by atoms with Gasteiger partial charge in [0, 0.05) is 24.6 Å². The highest BCUT2D eigenvalue weighted by atomic mass is 35.5. The normalized spacial score (nSPS) is 17.2. The molecule has 1 aromatic carbocycles. The fourth-order valence-electron chi connectivity index (χ4n) is 2.35. The van der Waals surface area contributed by atoms with Crippen molar-refractivity contribution >= 4 is 32.5 Å². The number of ether oxygens (including phenoxy) is 1. The van der Waals surface area contributed by atoms with Crippen LogP contribution in [0.5, 0.6) is 0 Å². The highest BCUT2D eigenvalue weighted by Gasteiger charge is 2.22. The van der Waals surface area contributed by atoms with E-state index in [4.69, 9.17) is 16.3 Å². The maximum absolute atomic E-state index is 12.4. The molecule has 0 spiro atoms. The number of pyridine rings is 1. The number of nitrogens with one attached hydrogen (secondary N) is 1. The van der Waals surface area contributed by atoms with E-state index < -0.39 is 10.0 Å². The van der Waals surface area contributed by atoms with E-state index in [0.717, 1.165) is 5.39 Å². The van der Waals surface area contributed by atoms with Gasteiger partial charge in [0.25, 0.3) is 0 Å². The fraction of sp³-hybridized carbons (Fsp3) is 0.357. The molecule has 5 nitrogen and oxygen atoms in total. The van der Waals surface area contributed by atoms with Crippen LogP contribution in [0.1, 0.15) is 12.8 Å². The van der Waals surface area contributed by atoms with E-state index in [2.05, 4.69) is 9.71 Å². The van der Waals surface area contributed by atoms with Crippen molar-refractivity contribution in [2.45, 2.75) is 23.8 Å². The van der Waals surface area contributed by atoms with Gasteiger partial charge < -0.3 is 4.74 Å². The Morgan fingerprint density at radius 1 is 1.19 bits per heavy atom. The Labute approximate surface area is 128 Å². The van der Waals surface area contributed by atoms with Crippen molar-refractivity contribution in [1.29, 1.82) is 0 Å². The SMILES string of the molecule is O=S(=O)(NC1CCOCC1)c1ccc2nc(Cl)ccc2c1. The molecular weight excluding hydrogens is 312 g/mol. The molecular formula is C14H15ClN2O3S. The van der Waals surface area contributed by atoms with Crippen molar-refractivity contribution in [2.24, 2.45) is 0 Å². The first kappa shape index (κ1) is 14.7. The molecule has 0 radical (unpaired) electrons. The maximum Gasteiger partial charge on any atom is 0.240 e. The molecule has 1 aromatic heterocycles. The van der Waals surface area contributed by atoms with E-state index in [1.165, 1.54) is 0 Å². The van der Waals surface area contributed by atoms with Gasteiger partial charge in [-0.15, -0.1) is 0 Å². The second-order valence-electron chi connectivity index (χ2n) is 5.00. The topological polar surface area (TPSA) is 68.3 Å². The molecule has 1 aliphatic heterocycles. The van der Waals surface area contributed by atoms with Gasteiger partial charge in [0.15, 0.2) is 0 Å². The Bertz CT molecular complexity index is 758. The van der Waals surface area contributed by atoms with Crippen molar-refractivity contribution in [2.75, 3.05) is 13.2 Å². The summed E-state index contributed by atoms with van der Waals surface area (Å²) in [6.45, 7) is 1.18. The molecule has 1 fully saturated rings. The second kappa shape index (κ2) is 5.88. The molecule has 1 saturated heterocycles. The lowest BCUT2D eigenvalue weighted by Gasteiger charge is -2.23. The van der Waals surface area contributed by atoms with Crippen molar-refractivity contribution in [3.8, 4) is 0 Å². The third-order valence-electron chi connectivity index (χ3n) is 3.48.